The highest BCUT2D eigenvalue weighted by Crippen LogP contribution is 2.25. The van der Waals surface area contributed by atoms with Gasteiger partial charge in [0.1, 0.15) is 11.6 Å². The number of hydrogen-bond donors (Lipinski definition) is 1. The molecular formula is C21H26N4O2. The van der Waals surface area contributed by atoms with Crippen LogP contribution in [0.2, 0.25) is 0 Å². The molecule has 2 heterocycles. The van der Waals surface area contributed by atoms with Gasteiger partial charge in [0.2, 0.25) is 0 Å². The van der Waals surface area contributed by atoms with Crippen LogP contribution in [0.4, 0.5) is 5.82 Å². The zero-order valence-electron chi connectivity index (χ0n) is 16.4. The van der Waals surface area contributed by atoms with Gasteiger partial charge in [-0.3, -0.25) is 0 Å². The molecule has 0 saturated heterocycles. The number of rotatable bonds is 7. The van der Waals surface area contributed by atoms with Crippen LogP contribution in [0.3, 0.4) is 0 Å². The molecule has 0 aliphatic carbocycles. The number of nitrogens with one attached hydrogen (secondary N) is 1. The van der Waals surface area contributed by atoms with Gasteiger partial charge in [-0.05, 0) is 50.6 Å². The highest BCUT2D eigenvalue weighted by atomic mass is 16.5. The second kappa shape index (κ2) is 8.20. The Morgan fingerprint density at radius 2 is 1.85 bits per heavy atom. The number of nitrogens with zero attached hydrogens (tertiary/aromatic N) is 3. The van der Waals surface area contributed by atoms with Gasteiger partial charge < -0.3 is 14.6 Å². The van der Waals surface area contributed by atoms with E-state index in [2.05, 4.69) is 39.5 Å². The van der Waals surface area contributed by atoms with Gasteiger partial charge in [-0.2, -0.15) is 4.98 Å². The SMILES string of the molecule is CC(C)Oc1cccc(C(C)Nc2cc(-c3nc(C(C)C)no3)ccn2)c1. The number of pyridine rings is 1. The molecule has 6 nitrogen and oxygen atoms in total. The first-order valence-corrected chi connectivity index (χ1v) is 9.25. The number of ether oxygens (including phenoxy) is 1. The molecule has 27 heavy (non-hydrogen) atoms. The first-order valence-electron chi connectivity index (χ1n) is 9.25. The van der Waals surface area contributed by atoms with E-state index >= 15 is 0 Å². The van der Waals surface area contributed by atoms with Crippen molar-refractivity contribution >= 4 is 5.82 Å². The van der Waals surface area contributed by atoms with Crippen LogP contribution in [0.5, 0.6) is 5.75 Å². The summed E-state index contributed by atoms with van der Waals surface area (Å²) in [5.41, 5.74) is 1.97. The molecule has 0 aliphatic rings. The van der Waals surface area contributed by atoms with E-state index in [1.165, 1.54) is 0 Å². The van der Waals surface area contributed by atoms with Crippen LogP contribution in [0, 0.1) is 0 Å². The fourth-order valence-corrected chi connectivity index (χ4v) is 2.66. The largest absolute Gasteiger partial charge is 0.491 e. The molecule has 1 N–H and O–H groups in total. The summed E-state index contributed by atoms with van der Waals surface area (Å²) in [5.74, 6) is 3.04. The van der Waals surface area contributed by atoms with Gasteiger partial charge in [0, 0.05) is 17.7 Å². The van der Waals surface area contributed by atoms with Gasteiger partial charge in [-0.1, -0.05) is 31.1 Å². The topological polar surface area (TPSA) is 73.1 Å². The molecule has 1 aromatic carbocycles. The maximum Gasteiger partial charge on any atom is 0.258 e. The molecule has 0 fully saturated rings. The Morgan fingerprint density at radius 3 is 2.56 bits per heavy atom. The number of benzene rings is 1. The van der Waals surface area contributed by atoms with Crippen molar-refractivity contribution in [2.24, 2.45) is 0 Å². The lowest BCUT2D eigenvalue weighted by atomic mass is 10.1. The lowest BCUT2D eigenvalue weighted by Crippen LogP contribution is -2.09. The molecule has 6 heteroatoms. The quantitative estimate of drug-likeness (QED) is 0.618. The Hall–Kier alpha value is -2.89. The minimum Gasteiger partial charge on any atom is -0.491 e. The van der Waals surface area contributed by atoms with E-state index < -0.39 is 0 Å². The Bertz CT molecular complexity index is 889. The number of aromatic nitrogens is 3. The molecular weight excluding hydrogens is 340 g/mol. The van der Waals surface area contributed by atoms with Gasteiger partial charge in [-0.15, -0.1) is 0 Å². The highest BCUT2D eigenvalue weighted by Gasteiger charge is 2.13. The Balaban J connectivity index is 1.75. The fourth-order valence-electron chi connectivity index (χ4n) is 2.66. The summed E-state index contributed by atoms with van der Waals surface area (Å²) in [6, 6.07) is 11.9. The summed E-state index contributed by atoms with van der Waals surface area (Å²) in [4.78, 5) is 8.86. The Morgan fingerprint density at radius 1 is 1.04 bits per heavy atom. The van der Waals surface area contributed by atoms with Gasteiger partial charge in [-0.25, -0.2) is 4.98 Å². The van der Waals surface area contributed by atoms with Crippen LogP contribution in [-0.2, 0) is 0 Å². The molecule has 2 aromatic heterocycles. The fraction of sp³-hybridized carbons (Fsp3) is 0.381. The molecule has 142 valence electrons. The lowest BCUT2D eigenvalue weighted by molar-refractivity contribution is 0.242. The molecule has 0 radical (unpaired) electrons. The first kappa shape index (κ1) is 18.9. The minimum atomic E-state index is 0.0670. The van der Waals surface area contributed by atoms with E-state index in [0.717, 1.165) is 22.7 Å². The molecule has 1 unspecified atom stereocenters. The van der Waals surface area contributed by atoms with E-state index in [9.17, 15) is 0 Å². The van der Waals surface area contributed by atoms with E-state index in [1.807, 2.05) is 52.0 Å². The predicted octanol–water partition coefficient (Wildman–Crippen LogP) is 5.22. The summed E-state index contributed by atoms with van der Waals surface area (Å²) >= 11 is 0. The van der Waals surface area contributed by atoms with E-state index in [4.69, 9.17) is 9.26 Å². The highest BCUT2D eigenvalue weighted by molar-refractivity contribution is 5.58. The van der Waals surface area contributed by atoms with Crippen molar-refractivity contribution < 1.29 is 9.26 Å². The third-order valence-electron chi connectivity index (χ3n) is 4.06. The maximum atomic E-state index is 5.78. The van der Waals surface area contributed by atoms with Gasteiger partial charge >= 0.3 is 0 Å². The summed E-state index contributed by atoms with van der Waals surface area (Å²) < 4.78 is 11.2. The van der Waals surface area contributed by atoms with E-state index in [0.29, 0.717) is 11.7 Å². The maximum absolute atomic E-state index is 5.78. The van der Waals surface area contributed by atoms with Crippen molar-refractivity contribution in [2.75, 3.05) is 5.32 Å². The minimum absolute atomic E-state index is 0.0670. The van der Waals surface area contributed by atoms with Crippen molar-refractivity contribution in [1.82, 2.24) is 15.1 Å². The molecule has 0 spiro atoms. The Labute approximate surface area is 160 Å². The van der Waals surface area contributed by atoms with Gasteiger partial charge in [0.25, 0.3) is 5.89 Å². The van der Waals surface area contributed by atoms with Crippen LogP contribution in [0.25, 0.3) is 11.5 Å². The van der Waals surface area contributed by atoms with Crippen molar-refractivity contribution in [2.45, 2.75) is 52.7 Å². The summed E-state index contributed by atoms with van der Waals surface area (Å²) in [6.07, 6.45) is 1.88. The number of hydrogen-bond acceptors (Lipinski definition) is 6. The lowest BCUT2D eigenvalue weighted by Gasteiger charge is -2.17. The van der Waals surface area contributed by atoms with E-state index in [1.54, 1.807) is 6.20 Å². The van der Waals surface area contributed by atoms with Crippen molar-refractivity contribution in [1.29, 1.82) is 0 Å². The molecule has 0 aliphatic heterocycles. The molecule has 0 bridgehead atoms. The molecule has 1 atom stereocenters. The third-order valence-corrected chi connectivity index (χ3v) is 4.06. The zero-order valence-corrected chi connectivity index (χ0v) is 16.4. The van der Waals surface area contributed by atoms with Gasteiger partial charge in [0.15, 0.2) is 5.82 Å². The second-order valence-corrected chi connectivity index (χ2v) is 7.15. The summed E-state index contributed by atoms with van der Waals surface area (Å²) in [5, 5.41) is 7.44. The van der Waals surface area contributed by atoms with E-state index in [-0.39, 0.29) is 18.1 Å². The summed E-state index contributed by atoms with van der Waals surface area (Å²) in [7, 11) is 0. The summed E-state index contributed by atoms with van der Waals surface area (Å²) in [6.45, 7) is 10.2. The average molecular weight is 366 g/mol. The molecule has 3 rings (SSSR count). The smallest absolute Gasteiger partial charge is 0.258 e. The predicted molar refractivity (Wildman–Crippen MR) is 106 cm³/mol. The van der Waals surface area contributed by atoms with Crippen molar-refractivity contribution in [3.05, 3.63) is 54.0 Å². The monoisotopic (exact) mass is 366 g/mol. The first-order chi connectivity index (χ1) is 12.9. The van der Waals surface area contributed by atoms with Crippen LogP contribution in [-0.4, -0.2) is 21.2 Å². The van der Waals surface area contributed by atoms with Gasteiger partial charge in [0.05, 0.1) is 12.1 Å². The average Bonchev–Trinajstić information content (AvgIpc) is 3.12. The van der Waals surface area contributed by atoms with Crippen LogP contribution < -0.4 is 10.1 Å². The Kier molecular flexibility index (Phi) is 5.74. The third kappa shape index (κ3) is 4.84. The normalized spacial score (nSPS) is 12.4. The molecule has 0 saturated carbocycles. The molecule has 3 aromatic rings. The van der Waals surface area contributed by atoms with Crippen molar-refractivity contribution in [3.63, 3.8) is 0 Å². The van der Waals surface area contributed by atoms with Crippen molar-refractivity contribution in [3.8, 4) is 17.2 Å². The second-order valence-electron chi connectivity index (χ2n) is 7.15. The zero-order chi connectivity index (χ0) is 19.4. The van der Waals surface area contributed by atoms with Crippen LogP contribution >= 0.6 is 0 Å². The molecule has 0 amide bonds. The van der Waals surface area contributed by atoms with Crippen LogP contribution in [0.1, 0.15) is 58.0 Å². The van der Waals surface area contributed by atoms with Crippen LogP contribution in [0.15, 0.2) is 47.1 Å². The number of anilines is 1. The standard InChI is InChI=1S/C21H26N4O2/c1-13(2)20-24-21(27-25-20)17-9-10-22-19(12-17)23-15(5)16-7-6-8-18(11-16)26-14(3)4/h6-15H,1-5H3,(H,22,23).